The summed E-state index contributed by atoms with van der Waals surface area (Å²) in [5.74, 6) is 0. The van der Waals surface area contributed by atoms with E-state index in [1.54, 1.807) is 0 Å². The van der Waals surface area contributed by atoms with Crippen LogP contribution in [0.15, 0.2) is 43.5 Å². The van der Waals surface area contributed by atoms with E-state index in [1.807, 2.05) is 12.2 Å². The van der Waals surface area contributed by atoms with E-state index >= 15 is 0 Å². The molecular weight excluding hydrogens is 216 g/mol. The van der Waals surface area contributed by atoms with Crippen molar-refractivity contribution in [1.29, 1.82) is 0 Å². The first kappa shape index (κ1) is 14.2. The molecule has 0 heterocycles. The number of rotatable bonds is 2. The van der Waals surface area contributed by atoms with E-state index in [2.05, 4.69) is 64.3 Å². The minimum Gasteiger partial charge on any atom is -0.0985 e. The van der Waals surface area contributed by atoms with E-state index in [4.69, 9.17) is 0 Å². The molecule has 0 nitrogen and oxygen atoms in total. The normalized spacial score (nSPS) is 9.50. The van der Waals surface area contributed by atoms with Crippen molar-refractivity contribution >= 4 is 22.9 Å². The van der Waals surface area contributed by atoms with Gasteiger partial charge in [-0.25, -0.2) is 0 Å². The molecule has 0 unspecified atom stereocenters. The van der Waals surface area contributed by atoms with Gasteiger partial charge in [-0.1, -0.05) is 69.8 Å². The summed E-state index contributed by atoms with van der Waals surface area (Å²) in [4.78, 5) is 0. The van der Waals surface area contributed by atoms with Gasteiger partial charge in [-0.3, -0.25) is 0 Å². The van der Waals surface area contributed by atoms with E-state index in [9.17, 15) is 0 Å². The summed E-state index contributed by atoms with van der Waals surface area (Å²) in [5.41, 5.74) is 3.63. The molecule has 0 amide bonds. The van der Waals surface area contributed by atoms with Gasteiger partial charge in [-0.2, -0.15) is 0 Å². The first-order chi connectivity index (χ1) is 8.67. The van der Waals surface area contributed by atoms with E-state index in [0.29, 0.717) is 0 Å². The Balaban J connectivity index is 0.000000492. The highest BCUT2D eigenvalue weighted by atomic mass is 14.1. The minimum absolute atomic E-state index is 1.18. The molecule has 2 aromatic carbocycles. The molecule has 0 saturated carbocycles. The number of hydrogen-bond donors (Lipinski definition) is 0. The molecular formula is C18H22. The lowest BCUT2D eigenvalue weighted by molar-refractivity contribution is 1.09. The van der Waals surface area contributed by atoms with Crippen LogP contribution in [0.5, 0.6) is 0 Å². The molecule has 2 rings (SSSR count). The van der Waals surface area contributed by atoms with E-state index in [0.717, 1.165) is 0 Å². The molecule has 0 aromatic heterocycles. The van der Waals surface area contributed by atoms with Gasteiger partial charge in [0.15, 0.2) is 0 Å². The maximum absolute atomic E-state index is 3.83. The van der Waals surface area contributed by atoms with Crippen molar-refractivity contribution in [3.8, 4) is 0 Å². The molecule has 0 fully saturated rings. The highest BCUT2D eigenvalue weighted by molar-refractivity contribution is 5.92. The van der Waals surface area contributed by atoms with Crippen LogP contribution in [0.2, 0.25) is 0 Å². The Hall–Kier alpha value is -1.82. The quantitative estimate of drug-likeness (QED) is 0.615. The van der Waals surface area contributed by atoms with Crippen LogP contribution in [0, 0.1) is 6.92 Å². The summed E-state index contributed by atoms with van der Waals surface area (Å²) in [7, 11) is 0. The molecule has 0 spiro atoms. The molecule has 0 heteroatoms. The fourth-order valence-electron chi connectivity index (χ4n) is 1.88. The third-order valence-electron chi connectivity index (χ3n) is 2.74. The zero-order valence-corrected chi connectivity index (χ0v) is 11.7. The van der Waals surface area contributed by atoms with Crippen molar-refractivity contribution in [2.75, 3.05) is 0 Å². The molecule has 0 radical (unpaired) electrons. The van der Waals surface area contributed by atoms with Gasteiger partial charge in [-0.05, 0) is 40.5 Å². The highest BCUT2D eigenvalue weighted by Gasteiger charge is 2.01. The number of aryl methyl sites for hydroxylation is 1. The lowest BCUT2D eigenvalue weighted by Gasteiger charge is -2.06. The highest BCUT2D eigenvalue weighted by Crippen LogP contribution is 2.24. The second-order valence-electron chi connectivity index (χ2n) is 4.39. The summed E-state index contributed by atoms with van der Waals surface area (Å²) < 4.78 is 0. The predicted octanol–water partition coefficient (Wildman–Crippen LogP) is 5.85. The van der Waals surface area contributed by atoms with Crippen molar-refractivity contribution < 1.29 is 0 Å². The third-order valence-corrected chi connectivity index (χ3v) is 2.74. The van der Waals surface area contributed by atoms with Crippen LogP contribution < -0.4 is 0 Å². The third kappa shape index (κ3) is 3.10. The standard InChI is InChI=1S/C15H14.C3H8/c1-4-12-7-6-8-14-9-11(3)13(5-2)10-15(12)14;1-3-2/h4-10H,1-2H2,3H3;3H2,1-2H3. The molecule has 0 aliphatic heterocycles. The van der Waals surface area contributed by atoms with Crippen molar-refractivity contribution in [2.45, 2.75) is 27.2 Å². The van der Waals surface area contributed by atoms with E-state index < -0.39 is 0 Å². The predicted molar refractivity (Wildman–Crippen MR) is 84.8 cm³/mol. The summed E-state index contributed by atoms with van der Waals surface area (Å²) in [5, 5.41) is 2.50. The van der Waals surface area contributed by atoms with Crippen LogP contribution in [-0.2, 0) is 0 Å². The van der Waals surface area contributed by atoms with Crippen LogP contribution in [0.1, 0.15) is 37.0 Å². The Kier molecular flexibility index (Phi) is 5.38. The molecule has 94 valence electrons. The molecule has 0 atom stereocenters. The van der Waals surface area contributed by atoms with Crippen LogP contribution in [0.4, 0.5) is 0 Å². The molecule has 0 aliphatic rings. The van der Waals surface area contributed by atoms with Gasteiger partial charge >= 0.3 is 0 Å². The summed E-state index contributed by atoms with van der Waals surface area (Å²) in [6.07, 6.45) is 5.04. The van der Waals surface area contributed by atoms with Crippen molar-refractivity contribution in [3.05, 3.63) is 60.2 Å². The van der Waals surface area contributed by atoms with Gasteiger partial charge in [0, 0.05) is 0 Å². The lowest BCUT2D eigenvalue weighted by atomic mass is 9.98. The monoisotopic (exact) mass is 238 g/mol. The van der Waals surface area contributed by atoms with Gasteiger partial charge in [0.2, 0.25) is 0 Å². The lowest BCUT2D eigenvalue weighted by Crippen LogP contribution is -1.84. The first-order valence-electron chi connectivity index (χ1n) is 6.46. The Morgan fingerprint density at radius 3 is 2.17 bits per heavy atom. The van der Waals surface area contributed by atoms with Crippen molar-refractivity contribution in [1.82, 2.24) is 0 Å². The second kappa shape index (κ2) is 6.80. The SMILES string of the molecule is C=Cc1cc2c(C=C)cccc2cc1C.CCC. The zero-order chi connectivity index (χ0) is 13.5. The van der Waals surface area contributed by atoms with E-state index in [-0.39, 0.29) is 0 Å². The average Bonchev–Trinajstić information content (AvgIpc) is 2.38. The number of hydrogen-bond acceptors (Lipinski definition) is 0. The second-order valence-corrected chi connectivity index (χ2v) is 4.39. The topological polar surface area (TPSA) is 0 Å². The zero-order valence-electron chi connectivity index (χ0n) is 11.7. The molecule has 18 heavy (non-hydrogen) atoms. The van der Waals surface area contributed by atoms with Gasteiger partial charge in [0.1, 0.15) is 0 Å². The molecule has 0 saturated heterocycles. The maximum Gasteiger partial charge on any atom is -0.0105 e. The molecule has 0 bridgehead atoms. The summed E-state index contributed by atoms with van der Waals surface area (Å²) in [6.45, 7) is 14.0. The molecule has 0 N–H and O–H groups in total. The average molecular weight is 238 g/mol. The summed E-state index contributed by atoms with van der Waals surface area (Å²) in [6, 6.07) is 10.6. The molecule has 0 aliphatic carbocycles. The van der Waals surface area contributed by atoms with Gasteiger partial charge in [0.25, 0.3) is 0 Å². The largest absolute Gasteiger partial charge is 0.0985 e. The fraction of sp³-hybridized carbons (Fsp3) is 0.222. The first-order valence-corrected chi connectivity index (χ1v) is 6.46. The Labute approximate surface area is 111 Å². The van der Waals surface area contributed by atoms with Crippen molar-refractivity contribution in [3.63, 3.8) is 0 Å². The van der Waals surface area contributed by atoms with Gasteiger partial charge < -0.3 is 0 Å². The number of fused-ring (bicyclic) bond motifs is 1. The van der Waals surface area contributed by atoms with Crippen LogP contribution in [0.25, 0.3) is 22.9 Å². The fourth-order valence-corrected chi connectivity index (χ4v) is 1.88. The Morgan fingerprint density at radius 1 is 1.00 bits per heavy atom. The van der Waals surface area contributed by atoms with Gasteiger partial charge in [-0.15, -0.1) is 0 Å². The minimum atomic E-state index is 1.18. The van der Waals surface area contributed by atoms with Gasteiger partial charge in [0.05, 0.1) is 0 Å². The smallest absolute Gasteiger partial charge is 0.0105 e. The van der Waals surface area contributed by atoms with Crippen molar-refractivity contribution in [2.24, 2.45) is 0 Å². The molecule has 2 aromatic rings. The number of benzene rings is 2. The van der Waals surface area contributed by atoms with Crippen LogP contribution in [-0.4, -0.2) is 0 Å². The maximum atomic E-state index is 3.83. The Morgan fingerprint density at radius 2 is 1.61 bits per heavy atom. The summed E-state index contributed by atoms with van der Waals surface area (Å²) >= 11 is 0. The Bertz CT molecular complexity index is 547. The van der Waals surface area contributed by atoms with Crippen LogP contribution in [0.3, 0.4) is 0 Å². The van der Waals surface area contributed by atoms with Crippen LogP contribution >= 0.6 is 0 Å². The van der Waals surface area contributed by atoms with E-state index in [1.165, 1.54) is 33.9 Å².